The zero-order valence-corrected chi connectivity index (χ0v) is 16.1. The zero-order chi connectivity index (χ0) is 18.8. The van der Waals surface area contributed by atoms with Crippen molar-refractivity contribution in [3.8, 4) is 6.07 Å². The van der Waals surface area contributed by atoms with Gasteiger partial charge in [0.15, 0.2) is 0 Å². The van der Waals surface area contributed by atoms with Gasteiger partial charge in [0.05, 0.1) is 29.2 Å². The number of anilines is 1. The van der Waals surface area contributed by atoms with Crippen LogP contribution in [-0.4, -0.2) is 23.4 Å². The topological polar surface area (TPSA) is 47.3 Å². The molecule has 4 nitrogen and oxygen atoms in total. The fourth-order valence-corrected chi connectivity index (χ4v) is 4.81. The maximum Gasteiger partial charge on any atom is 0.229 e. The Morgan fingerprint density at radius 1 is 1.15 bits per heavy atom. The molecular weight excluding hydrogens is 354 g/mol. The molecule has 0 spiro atoms. The minimum Gasteiger partial charge on any atom is -0.344 e. The Morgan fingerprint density at radius 3 is 2.56 bits per heavy atom. The molecule has 0 radical (unpaired) electrons. The summed E-state index contributed by atoms with van der Waals surface area (Å²) in [6.07, 6.45) is 1.36. The van der Waals surface area contributed by atoms with E-state index in [4.69, 9.17) is 0 Å². The van der Waals surface area contributed by atoms with E-state index in [1.165, 1.54) is 5.56 Å². The molecular formula is C22H21N3OS. The molecule has 0 saturated carbocycles. The first-order chi connectivity index (χ1) is 13.2. The number of hydrogen-bond donors (Lipinski definition) is 0. The summed E-state index contributed by atoms with van der Waals surface area (Å²) < 4.78 is 0. The van der Waals surface area contributed by atoms with E-state index in [9.17, 15) is 10.1 Å². The Bertz CT molecular complexity index is 915. The van der Waals surface area contributed by atoms with Crippen molar-refractivity contribution in [1.82, 2.24) is 4.90 Å². The van der Waals surface area contributed by atoms with Gasteiger partial charge in [0, 0.05) is 18.0 Å². The summed E-state index contributed by atoms with van der Waals surface area (Å²) in [6.45, 7) is 2.64. The van der Waals surface area contributed by atoms with E-state index in [1.807, 2.05) is 30.3 Å². The Labute approximate surface area is 164 Å². The van der Waals surface area contributed by atoms with Crippen molar-refractivity contribution in [3.63, 3.8) is 0 Å². The number of benzene rings is 2. The number of aryl methyl sites for hydroxylation is 1. The molecule has 2 aliphatic heterocycles. The van der Waals surface area contributed by atoms with E-state index in [1.54, 1.807) is 16.7 Å². The van der Waals surface area contributed by atoms with Gasteiger partial charge < -0.3 is 4.90 Å². The SMILES string of the molecule is CCc1ccc(N2CSC3=C(C#N)[C@H](c4ccccc4)CC(=O)N3C2)cc1. The molecule has 0 bridgehead atoms. The normalized spacial score (nSPS) is 19.7. The molecule has 4 rings (SSSR count). The lowest BCUT2D eigenvalue weighted by atomic mass is 9.86. The van der Waals surface area contributed by atoms with Gasteiger partial charge in [-0.05, 0) is 29.7 Å². The molecule has 2 heterocycles. The van der Waals surface area contributed by atoms with Crippen molar-refractivity contribution < 1.29 is 4.79 Å². The van der Waals surface area contributed by atoms with Crippen LogP contribution in [-0.2, 0) is 11.2 Å². The van der Waals surface area contributed by atoms with Crippen molar-refractivity contribution >= 4 is 23.4 Å². The summed E-state index contributed by atoms with van der Waals surface area (Å²) in [4.78, 5) is 16.9. The van der Waals surface area contributed by atoms with Gasteiger partial charge in [-0.25, -0.2) is 0 Å². The second kappa shape index (κ2) is 7.50. The van der Waals surface area contributed by atoms with Crippen molar-refractivity contribution in [2.45, 2.75) is 25.7 Å². The molecule has 1 atom stereocenters. The average Bonchev–Trinajstić information content (AvgIpc) is 2.74. The van der Waals surface area contributed by atoms with Crippen LogP contribution < -0.4 is 4.90 Å². The van der Waals surface area contributed by atoms with Gasteiger partial charge in [-0.1, -0.05) is 61.2 Å². The highest BCUT2D eigenvalue weighted by Crippen LogP contribution is 2.43. The van der Waals surface area contributed by atoms with E-state index < -0.39 is 0 Å². The summed E-state index contributed by atoms with van der Waals surface area (Å²) >= 11 is 1.58. The number of rotatable bonds is 3. The van der Waals surface area contributed by atoms with Crippen molar-refractivity contribution in [2.24, 2.45) is 0 Å². The van der Waals surface area contributed by atoms with Crippen LogP contribution in [0.3, 0.4) is 0 Å². The average molecular weight is 375 g/mol. The molecule has 1 saturated heterocycles. The summed E-state index contributed by atoms with van der Waals surface area (Å²) in [5.41, 5.74) is 4.16. The second-order valence-electron chi connectivity index (χ2n) is 6.79. The summed E-state index contributed by atoms with van der Waals surface area (Å²) in [7, 11) is 0. The van der Waals surface area contributed by atoms with Crippen molar-refractivity contribution in [1.29, 1.82) is 5.26 Å². The number of fused-ring (bicyclic) bond motifs is 1. The van der Waals surface area contributed by atoms with E-state index in [0.29, 0.717) is 18.7 Å². The van der Waals surface area contributed by atoms with Crippen molar-refractivity contribution in [3.05, 3.63) is 76.3 Å². The van der Waals surface area contributed by atoms with Gasteiger partial charge in [0.2, 0.25) is 5.91 Å². The highest BCUT2D eigenvalue weighted by molar-refractivity contribution is 8.03. The number of hydrogen-bond acceptors (Lipinski definition) is 4. The summed E-state index contributed by atoms with van der Waals surface area (Å²) in [5, 5.41) is 10.6. The van der Waals surface area contributed by atoms with E-state index in [0.717, 1.165) is 28.6 Å². The highest BCUT2D eigenvalue weighted by Gasteiger charge is 2.38. The molecule has 0 unspecified atom stereocenters. The minimum atomic E-state index is -0.141. The Kier molecular flexibility index (Phi) is 4.91. The third kappa shape index (κ3) is 3.33. The van der Waals surface area contributed by atoms with Gasteiger partial charge in [-0.2, -0.15) is 5.26 Å². The Hall–Kier alpha value is -2.71. The lowest BCUT2D eigenvalue weighted by Gasteiger charge is -2.42. The van der Waals surface area contributed by atoms with Gasteiger partial charge in [-0.3, -0.25) is 9.69 Å². The van der Waals surface area contributed by atoms with Crippen LogP contribution in [0.4, 0.5) is 5.69 Å². The van der Waals surface area contributed by atoms with E-state index in [-0.39, 0.29) is 11.8 Å². The predicted octanol–water partition coefficient (Wildman–Crippen LogP) is 4.47. The van der Waals surface area contributed by atoms with Crippen LogP contribution in [0.25, 0.3) is 0 Å². The number of carbonyl (C=O) groups excluding carboxylic acids is 1. The quantitative estimate of drug-likeness (QED) is 0.794. The number of thioether (sulfide) groups is 1. The minimum absolute atomic E-state index is 0.0835. The lowest BCUT2D eigenvalue weighted by molar-refractivity contribution is -0.129. The Balaban J connectivity index is 1.63. The zero-order valence-electron chi connectivity index (χ0n) is 15.3. The molecule has 2 aromatic carbocycles. The summed E-state index contributed by atoms with van der Waals surface area (Å²) in [5.74, 6) is 0.676. The lowest BCUT2D eigenvalue weighted by Crippen LogP contribution is -2.47. The number of carbonyl (C=O) groups is 1. The summed E-state index contributed by atoms with van der Waals surface area (Å²) in [6, 6.07) is 20.8. The number of allylic oxidation sites excluding steroid dienone is 1. The number of amides is 1. The monoisotopic (exact) mass is 375 g/mol. The first-order valence-electron chi connectivity index (χ1n) is 9.17. The fourth-order valence-electron chi connectivity index (χ4n) is 3.64. The molecule has 27 heavy (non-hydrogen) atoms. The van der Waals surface area contributed by atoms with Crippen LogP contribution in [0.2, 0.25) is 0 Å². The van der Waals surface area contributed by atoms with Gasteiger partial charge >= 0.3 is 0 Å². The van der Waals surface area contributed by atoms with Crippen molar-refractivity contribution in [2.75, 3.05) is 17.4 Å². The molecule has 0 aromatic heterocycles. The molecule has 1 fully saturated rings. The molecule has 1 amide bonds. The molecule has 2 aliphatic rings. The van der Waals surface area contributed by atoms with Gasteiger partial charge in [0.25, 0.3) is 0 Å². The molecule has 5 heteroatoms. The van der Waals surface area contributed by atoms with Gasteiger partial charge in [0.1, 0.15) is 0 Å². The fraction of sp³-hybridized carbons (Fsp3) is 0.273. The van der Waals surface area contributed by atoms with E-state index in [2.05, 4.69) is 42.2 Å². The first-order valence-corrected chi connectivity index (χ1v) is 10.2. The van der Waals surface area contributed by atoms with Crippen LogP contribution >= 0.6 is 11.8 Å². The van der Waals surface area contributed by atoms with E-state index >= 15 is 0 Å². The number of nitrogens with zero attached hydrogens (tertiary/aromatic N) is 3. The van der Waals surface area contributed by atoms with Crippen LogP contribution in [0.5, 0.6) is 0 Å². The van der Waals surface area contributed by atoms with Crippen LogP contribution in [0, 0.1) is 11.3 Å². The van der Waals surface area contributed by atoms with Crippen LogP contribution in [0.1, 0.15) is 30.4 Å². The third-order valence-corrected chi connectivity index (χ3v) is 6.36. The highest BCUT2D eigenvalue weighted by atomic mass is 32.2. The molecule has 2 aromatic rings. The molecule has 136 valence electrons. The smallest absolute Gasteiger partial charge is 0.229 e. The predicted molar refractivity (Wildman–Crippen MR) is 109 cm³/mol. The Morgan fingerprint density at radius 2 is 1.89 bits per heavy atom. The van der Waals surface area contributed by atoms with Gasteiger partial charge in [-0.15, -0.1) is 0 Å². The first kappa shape index (κ1) is 17.7. The largest absolute Gasteiger partial charge is 0.344 e. The second-order valence-corrected chi connectivity index (χ2v) is 7.73. The van der Waals surface area contributed by atoms with Crippen LogP contribution in [0.15, 0.2) is 65.2 Å². The number of nitriles is 1. The maximum absolute atomic E-state index is 12.9. The molecule has 0 N–H and O–H groups in total. The molecule has 0 aliphatic carbocycles. The maximum atomic E-state index is 12.9. The third-order valence-electron chi connectivity index (χ3n) is 5.21. The standard InChI is InChI=1S/C22H21N3OS/c1-2-16-8-10-18(11-9-16)24-14-25-21(26)12-19(17-6-4-3-5-7-17)20(13-23)22(25)27-15-24/h3-11,19H,2,12,14-15H2,1H3/t19-/m0/s1.